The van der Waals surface area contributed by atoms with Gasteiger partial charge in [0.2, 0.25) is 0 Å². The van der Waals surface area contributed by atoms with E-state index in [-0.39, 0.29) is 11.6 Å². The van der Waals surface area contributed by atoms with Crippen LogP contribution >= 0.6 is 0 Å². The third-order valence-electron chi connectivity index (χ3n) is 3.51. The van der Waals surface area contributed by atoms with Crippen LogP contribution in [0.3, 0.4) is 0 Å². The lowest BCUT2D eigenvalue weighted by molar-refractivity contribution is 0.242. The molecule has 1 unspecified atom stereocenters. The van der Waals surface area contributed by atoms with Crippen molar-refractivity contribution in [2.75, 3.05) is 18.0 Å². The quantitative estimate of drug-likeness (QED) is 0.906. The zero-order valence-electron chi connectivity index (χ0n) is 12.7. The molecule has 0 radical (unpaired) electrons. The van der Waals surface area contributed by atoms with Crippen molar-refractivity contribution in [3.63, 3.8) is 0 Å². The number of benzene rings is 1. The first-order valence-corrected chi connectivity index (χ1v) is 7.16. The predicted molar refractivity (Wildman–Crippen MR) is 81.1 cm³/mol. The fourth-order valence-electron chi connectivity index (χ4n) is 2.51. The van der Waals surface area contributed by atoms with E-state index in [4.69, 9.17) is 4.74 Å². The standard InChI is InChI=1S/C16H26N2O/c1-12(2)19-15-8-6-14(7-9-15)18-11-16(4,5)17-10-13(18)3/h6-9,12-13,17H,10-11H2,1-5H3. The molecule has 0 aliphatic carbocycles. The predicted octanol–water partition coefficient (Wildman–Crippen LogP) is 3.05. The van der Waals surface area contributed by atoms with Gasteiger partial charge in [-0.3, -0.25) is 0 Å². The van der Waals surface area contributed by atoms with Gasteiger partial charge in [-0.15, -0.1) is 0 Å². The summed E-state index contributed by atoms with van der Waals surface area (Å²) in [6.07, 6.45) is 0.225. The van der Waals surface area contributed by atoms with Crippen LogP contribution in [-0.4, -0.2) is 30.8 Å². The zero-order valence-corrected chi connectivity index (χ0v) is 12.7. The maximum absolute atomic E-state index is 5.69. The number of ether oxygens (including phenoxy) is 1. The van der Waals surface area contributed by atoms with E-state index in [1.807, 2.05) is 0 Å². The molecule has 3 nitrogen and oxygen atoms in total. The Bertz CT molecular complexity index is 411. The van der Waals surface area contributed by atoms with Crippen LogP contribution in [0.15, 0.2) is 24.3 Å². The van der Waals surface area contributed by atoms with Crippen molar-refractivity contribution >= 4 is 5.69 Å². The maximum atomic E-state index is 5.69. The van der Waals surface area contributed by atoms with E-state index in [2.05, 4.69) is 69.1 Å². The molecule has 1 atom stereocenters. The number of anilines is 1. The molecule has 1 N–H and O–H groups in total. The highest BCUT2D eigenvalue weighted by Gasteiger charge is 2.30. The number of hydrogen-bond acceptors (Lipinski definition) is 3. The van der Waals surface area contributed by atoms with Crippen molar-refractivity contribution < 1.29 is 4.74 Å². The molecular formula is C16H26N2O. The molecule has 0 amide bonds. The van der Waals surface area contributed by atoms with Crippen LogP contribution in [-0.2, 0) is 0 Å². The van der Waals surface area contributed by atoms with Crippen LogP contribution in [0.5, 0.6) is 5.75 Å². The van der Waals surface area contributed by atoms with Gasteiger partial charge < -0.3 is 15.0 Å². The first-order chi connectivity index (χ1) is 8.87. The second kappa shape index (κ2) is 5.41. The molecule has 1 aromatic rings. The lowest BCUT2D eigenvalue weighted by atomic mass is 9.98. The fraction of sp³-hybridized carbons (Fsp3) is 0.625. The molecule has 2 rings (SSSR count). The van der Waals surface area contributed by atoms with Crippen molar-refractivity contribution in [2.24, 2.45) is 0 Å². The normalized spacial score (nSPS) is 22.6. The monoisotopic (exact) mass is 262 g/mol. The van der Waals surface area contributed by atoms with Gasteiger partial charge in [-0.2, -0.15) is 0 Å². The lowest BCUT2D eigenvalue weighted by Gasteiger charge is -2.44. The molecule has 106 valence electrons. The highest BCUT2D eigenvalue weighted by molar-refractivity contribution is 5.51. The lowest BCUT2D eigenvalue weighted by Crippen LogP contribution is -2.61. The summed E-state index contributed by atoms with van der Waals surface area (Å²) in [7, 11) is 0. The van der Waals surface area contributed by atoms with Gasteiger partial charge in [0.15, 0.2) is 0 Å². The minimum Gasteiger partial charge on any atom is -0.491 e. The third-order valence-corrected chi connectivity index (χ3v) is 3.51. The van der Waals surface area contributed by atoms with E-state index in [1.165, 1.54) is 5.69 Å². The average molecular weight is 262 g/mol. The molecule has 0 saturated carbocycles. The molecule has 0 bridgehead atoms. The molecule has 0 spiro atoms. The number of piperazine rings is 1. The van der Waals surface area contributed by atoms with Crippen LogP contribution in [0, 0.1) is 0 Å². The van der Waals surface area contributed by atoms with E-state index in [9.17, 15) is 0 Å². The van der Waals surface area contributed by atoms with Gasteiger partial charge in [-0.25, -0.2) is 0 Å². The van der Waals surface area contributed by atoms with Crippen molar-refractivity contribution in [3.8, 4) is 5.75 Å². The number of hydrogen-bond donors (Lipinski definition) is 1. The van der Waals surface area contributed by atoms with Gasteiger partial charge in [0.1, 0.15) is 5.75 Å². The second-order valence-corrected chi connectivity index (χ2v) is 6.40. The number of nitrogens with one attached hydrogen (secondary N) is 1. The van der Waals surface area contributed by atoms with Crippen molar-refractivity contribution in [1.82, 2.24) is 5.32 Å². The van der Waals surface area contributed by atoms with E-state index < -0.39 is 0 Å². The van der Waals surface area contributed by atoms with Crippen molar-refractivity contribution in [2.45, 2.75) is 52.3 Å². The van der Waals surface area contributed by atoms with Crippen molar-refractivity contribution in [1.29, 1.82) is 0 Å². The first kappa shape index (κ1) is 14.2. The van der Waals surface area contributed by atoms with Crippen LogP contribution in [0.2, 0.25) is 0 Å². The summed E-state index contributed by atoms with van der Waals surface area (Å²) in [6, 6.07) is 8.98. The van der Waals surface area contributed by atoms with Gasteiger partial charge in [-0.1, -0.05) is 0 Å². The zero-order chi connectivity index (χ0) is 14.0. The van der Waals surface area contributed by atoms with Gasteiger partial charge in [0, 0.05) is 30.4 Å². The second-order valence-electron chi connectivity index (χ2n) is 6.40. The summed E-state index contributed by atoms with van der Waals surface area (Å²) in [5.41, 5.74) is 1.44. The van der Waals surface area contributed by atoms with E-state index >= 15 is 0 Å². The van der Waals surface area contributed by atoms with Gasteiger partial charge in [-0.05, 0) is 58.9 Å². The molecule has 3 heteroatoms. The molecular weight excluding hydrogens is 236 g/mol. The van der Waals surface area contributed by atoms with Crippen LogP contribution in [0.1, 0.15) is 34.6 Å². The van der Waals surface area contributed by atoms with Crippen LogP contribution in [0.4, 0.5) is 5.69 Å². The van der Waals surface area contributed by atoms with Gasteiger partial charge >= 0.3 is 0 Å². The summed E-state index contributed by atoms with van der Waals surface area (Å²) >= 11 is 0. The molecule has 1 aliphatic heterocycles. The first-order valence-electron chi connectivity index (χ1n) is 7.16. The molecule has 0 aromatic heterocycles. The topological polar surface area (TPSA) is 24.5 Å². The minimum absolute atomic E-state index is 0.166. The highest BCUT2D eigenvalue weighted by Crippen LogP contribution is 2.25. The Morgan fingerprint density at radius 3 is 2.47 bits per heavy atom. The Hall–Kier alpha value is -1.22. The Balaban J connectivity index is 2.12. The summed E-state index contributed by atoms with van der Waals surface area (Å²) in [4.78, 5) is 2.47. The minimum atomic E-state index is 0.166. The highest BCUT2D eigenvalue weighted by atomic mass is 16.5. The van der Waals surface area contributed by atoms with Crippen LogP contribution in [0.25, 0.3) is 0 Å². The number of rotatable bonds is 3. The largest absolute Gasteiger partial charge is 0.491 e. The Morgan fingerprint density at radius 1 is 1.26 bits per heavy atom. The summed E-state index contributed by atoms with van der Waals surface area (Å²) < 4.78 is 5.69. The molecule has 19 heavy (non-hydrogen) atoms. The summed E-state index contributed by atoms with van der Waals surface area (Å²) in [5, 5.41) is 3.58. The molecule has 1 aliphatic rings. The SMILES string of the molecule is CC(C)Oc1ccc(N2CC(C)(C)NCC2C)cc1. The summed E-state index contributed by atoms with van der Waals surface area (Å²) in [6.45, 7) is 12.9. The molecule has 1 fully saturated rings. The van der Waals surface area contributed by atoms with E-state index in [1.54, 1.807) is 0 Å². The van der Waals surface area contributed by atoms with Gasteiger partial charge in [0.25, 0.3) is 0 Å². The molecule has 1 heterocycles. The smallest absolute Gasteiger partial charge is 0.119 e. The van der Waals surface area contributed by atoms with E-state index in [0.717, 1.165) is 18.8 Å². The Kier molecular flexibility index (Phi) is 4.04. The Morgan fingerprint density at radius 2 is 1.89 bits per heavy atom. The summed E-state index contributed by atoms with van der Waals surface area (Å²) in [5.74, 6) is 0.945. The van der Waals surface area contributed by atoms with Crippen molar-refractivity contribution in [3.05, 3.63) is 24.3 Å². The molecule has 1 aromatic carbocycles. The fourth-order valence-corrected chi connectivity index (χ4v) is 2.51. The maximum Gasteiger partial charge on any atom is 0.119 e. The number of nitrogens with zero attached hydrogens (tertiary/aromatic N) is 1. The third kappa shape index (κ3) is 3.63. The van der Waals surface area contributed by atoms with Gasteiger partial charge in [0.05, 0.1) is 6.10 Å². The molecule has 1 saturated heterocycles. The van der Waals surface area contributed by atoms with E-state index in [0.29, 0.717) is 6.04 Å². The van der Waals surface area contributed by atoms with Crippen LogP contribution < -0.4 is 15.0 Å². The average Bonchev–Trinajstić information content (AvgIpc) is 2.33. The Labute approximate surface area is 116 Å².